The number of carbonyl (C=O) groups excluding carboxylic acids is 3. The molecule has 0 aliphatic heterocycles. The van der Waals surface area contributed by atoms with Gasteiger partial charge in [-0.2, -0.15) is 11.8 Å². The van der Waals surface area contributed by atoms with Crippen LogP contribution in [0.5, 0.6) is 0 Å². The molecule has 0 heterocycles. The fraction of sp³-hybridized carbons (Fsp3) is 0.737. The summed E-state index contributed by atoms with van der Waals surface area (Å²) in [6, 6.07) is -4.25. The van der Waals surface area contributed by atoms with E-state index in [4.69, 9.17) is 21.7 Å². The summed E-state index contributed by atoms with van der Waals surface area (Å²) in [7, 11) is 0. The van der Waals surface area contributed by atoms with Gasteiger partial charge in [-0.1, -0.05) is 0 Å². The molecule has 0 aliphatic rings. The van der Waals surface area contributed by atoms with Gasteiger partial charge in [0.05, 0.1) is 6.04 Å². The molecule has 0 radical (unpaired) electrons. The number of carboxylic acid groups (broad SMARTS) is 2. The van der Waals surface area contributed by atoms with Gasteiger partial charge >= 0.3 is 11.9 Å². The Labute approximate surface area is 191 Å². The van der Waals surface area contributed by atoms with Crippen molar-refractivity contribution in [2.75, 3.05) is 18.6 Å². The number of thioether (sulfide) groups is 1. The van der Waals surface area contributed by atoms with E-state index < -0.39 is 53.8 Å². The standard InChI is InChI=1S/C19H35N5O7S/c1-11(19(30)31)22-17(28)14(8-10-32-2)24-18(29)13(5-3-4-9-20)23-16(27)12(21)6-7-15(25)26/h11-14H,3-10,20-21H2,1-2H3,(H,22,28)(H,23,27)(H,24,29)(H,25,26)(H,30,31). The van der Waals surface area contributed by atoms with Gasteiger partial charge < -0.3 is 37.6 Å². The summed E-state index contributed by atoms with van der Waals surface area (Å²) < 4.78 is 0. The first-order valence-electron chi connectivity index (χ1n) is 10.3. The number of carboxylic acids is 2. The first-order valence-corrected chi connectivity index (χ1v) is 11.7. The van der Waals surface area contributed by atoms with Crippen LogP contribution < -0.4 is 27.4 Å². The zero-order chi connectivity index (χ0) is 24.7. The largest absolute Gasteiger partial charge is 0.481 e. The summed E-state index contributed by atoms with van der Waals surface area (Å²) in [5.74, 6) is -3.72. The molecule has 32 heavy (non-hydrogen) atoms. The molecule has 0 aromatic heterocycles. The van der Waals surface area contributed by atoms with Crippen LogP contribution in [-0.2, 0) is 24.0 Å². The van der Waals surface area contributed by atoms with Gasteiger partial charge in [-0.15, -0.1) is 0 Å². The zero-order valence-corrected chi connectivity index (χ0v) is 19.3. The van der Waals surface area contributed by atoms with Crippen molar-refractivity contribution in [1.29, 1.82) is 0 Å². The second-order valence-corrected chi connectivity index (χ2v) is 8.28. The predicted molar refractivity (Wildman–Crippen MR) is 120 cm³/mol. The molecule has 0 saturated heterocycles. The van der Waals surface area contributed by atoms with Crippen molar-refractivity contribution < 1.29 is 34.2 Å². The van der Waals surface area contributed by atoms with E-state index in [1.807, 2.05) is 6.26 Å². The molecule has 0 aromatic carbocycles. The van der Waals surface area contributed by atoms with Gasteiger partial charge in [0, 0.05) is 6.42 Å². The Bertz CT molecular complexity index is 650. The summed E-state index contributed by atoms with van der Waals surface area (Å²) in [4.78, 5) is 59.4. The minimum absolute atomic E-state index is 0.0931. The molecule has 0 bridgehead atoms. The Morgan fingerprint density at radius 1 is 0.875 bits per heavy atom. The number of aliphatic carboxylic acids is 2. The molecule has 0 spiro atoms. The van der Waals surface area contributed by atoms with Crippen LogP contribution in [-0.4, -0.2) is 82.6 Å². The van der Waals surface area contributed by atoms with E-state index in [2.05, 4.69) is 16.0 Å². The minimum Gasteiger partial charge on any atom is -0.481 e. The normalized spacial score (nSPS) is 14.5. The highest BCUT2D eigenvalue weighted by atomic mass is 32.2. The number of unbranched alkanes of at least 4 members (excludes halogenated alkanes) is 1. The molecular formula is C19H35N5O7S. The lowest BCUT2D eigenvalue weighted by atomic mass is 10.1. The van der Waals surface area contributed by atoms with Crippen LogP contribution in [0.3, 0.4) is 0 Å². The molecular weight excluding hydrogens is 442 g/mol. The maximum atomic E-state index is 12.9. The zero-order valence-electron chi connectivity index (χ0n) is 18.5. The predicted octanol–water partition coefficient (Wildman–Crippen LogP) is -1.38. The number of nitrogens with one attached hydrogen (secondary N) is 3. The molecule has 0 aromatic rings. The number of amides is 3. The molecule has 9 N–H and O–H groups in total. The lowest BCUT2D eigenvalue weighted by molar-refractivity contribution is -0.142. The van der Waals surface area contributed by atoms with Crippen LogP contribution in [0.25, 0.3) is 0 Å². The van der Waals surface area contributed by atoms with Gasteiger partial charge in [-0.3, -0.25) is 24.0 Å². The van der Waals surface area contributed by atoms with E-state index in [1.54, 1.807) is 0 Å². The van der Waals surface area contributed by atoms with Crippen LogP contribution in [0.2, 0.25) is 0 Å². The Morgan fingerprint density at radius 3 is 1.97 bits per heavy atom. The van der Waals surface area contributed by atoms with Crippen LogP contribution in [0.15, 0.2) is 0 Å². The number of rotatable bonds is 17. The topological polar surface area (TPSA) is 214 Å². The highest BCUT2D eigenvalue weighted by Gasteiger charge is 2.29. The third-order valence-corrected chi connectivity index (χ3v) is 5.20. The van der Waals surface area contributed by atoms with E-state index in [0.717, 1.165) is 0 Å². The molecule has 184 valence electrons. The van der Waals surface area contributed by atoms with E-state index in [-0.39, 0.29) is 25.7 Å². The van der Waals surface area contributed by atoms with E-state index >= 15 is 0 Å². The van der Waals surface area contributed by atoms with Gasteiger partial charge in [-0.25, -0.2) is 0 Å². The van der Waals surface area contributed by atoms with Crippen molar-refractivity contribution in [3.05, 3.63) is 0 Å². The highest BCUT2D eigenvalue weighted by Crippen LogP contribution is 2.06. The number of hydrogen-bond acceptors (Lipinski definition) is 8. The van der Waals surface area contributed by atoms with Crippen LogP contribution in [0, 0.1) is 0 Å². The molecule has 12 nitrogen and oxygen atoms in total. The van der Waals surface area contributed by atoms with Crippen LogP contribution in [0.4, 0.5) is 0 Å². The molecule has 13 heteroatoms. The summed E-state index contributed by atoms with van der Waals surface area (Å²) in [6.45, 7) is 1.70. The highest BCUT2D eigenvalue weighted by molar-refractivity contribution is 7.98. The van der Waals surface area contributed by atoms with Crippen molar-refractivity contribution >= 4 is 41.4 Å². The molecule has 0 aliphatic carbocycles. The van der Waals surface area contributed by atoms with Gasteiger partial charge in [0.15, 0.2) is 0 Å². The van der Waals surface area contributed by atoms with Crippen LogP contribution >= 0.6 is 11.8 Å². The van der Waals surface area contributed by atoms with Gasteiger partial charge in [-0.05, 0) is 57.6 Å². The first-order chi connectivity index (χ1) is 15.0. The summed E-state index contributed by atoms with van der Waals surface area (Å²) in [5, 5.41) is 25.2. The fourth-order valence-corrected chi connectivity index (χ4v) is 3.07. The summed E-state index contributed by atoms with van der Waals surface area (Å²) in [5.41, 5.74) is 11.2. The Balaban J connectivity index is 5.28. The van der Waals surface area contributed by atoms with Gasteiger partial charge in [0.2, 0.25) is 17.7 Å². The van der Waals surface area contributed by atoms with E-state index in [9.17, 15) is 24.0 Å². The number of nitrogens with two attached hydrogens (primary N) is 2. The monoisotopic (exact) mass is 477 g/mol. The van der Waals surface area contributed by atoms with Crippen LogP contribution in [0.1, 0.15) is 45.4 Å². The third-order valence-electron chi connectivity index (χ3n) is 4.56. The van der Waals surface area contributed by atoms with E-state index in [0.29, 0.717) is 25.1 Å². The lowest BCUT2D eigenvalue weighted by Gasteiger charge is -2.24. The number of hydrogen-bond donors (Lipinski definition) is 7. The second-order valence-electron chi connectivity index (χ2n) is 7.30. The molecule has 4 atom stereocenters. The second kappa shape index (κ2) is 16.3. The molecule has 0 rings (SSSR count). The van der Waals surface area contributed by atoms with Crippen molar-refractivity contribution in [2.24, 2.45) is 11.5 Å². The third kappa shape index (κ3) is 12.5. The average Bonchev–Trinajstić information content (AvgIpc) is 2.73. The smallest absolute Gasteiger partial charge is 0.325 e. The maximum absolute atomic E-state index is 12.9. The molecule has 3 amide bonds. The first kappa shape index (κ1) is 29.6. The molecule has 0 saturated carbocycles. The maximum Gasteiger partial charge on any atom is 0.325 e. The SMILES string of the molecule is CSCCC(NC(=O)C(CCCCN)NC(=O)C(N)CCC(=O)O)C(=O)NC(C)C(=O)O. The number of carbonyl (C=O) groups is 5. The Morgan fingerprint density at radius 2 is 1.44 bits per heavy atom. The molecule has 0 fully saturated rings. The Hall–Kier alpha value is -2.38. The van der Waals surface area contributed by atoms with E-state index in [1.165, 1.54) is 18.7 Å². The van der Waals surface area contributed by atoms with Crippen molar-refractivity contribution in [3.63, 3.8) is 0 Å². The van der Waals surface area contributed by atoms with Gasteiger partial charge in [0.25, 0.3) is 0 Å². The lowest BCUT2D eigenvalue weighted by Crippen LogP contribution is -2.57. The van der Waals surface area contributed by atoms with Crippen molar-refractivity contribution in [3.8, 4) is 0 Å². The minimum atomic E-state index is -1.21. The summed E-state index contributed by atoms with van der Waals surface area (Å²) >= 11 is 1.45. The van der Waals surface area contributed by atoms with Crippen molar-refractivity contribution in [2.45, 2.75) is 69.6 Å². The fourth-order valence-electron chi connectivity index (χ4n) is 2.60. The Kier molecular flexibility index (Phi) is 15.1. The van der Waals surface area contributed by atoms with Crippen molar-refractivity contribution in [1.82, 2.24) is 16.0 Å². The molecule has 4 unspecified atom stereocenters. The summed E-state index contributed by atoms with van der Waals surface area (Å²) in [6.07, 6.45) is 3.07. The average molecular weight is 478 g/mol. The van der Waals surface area contributed by atoms with Gasteiger partial charge in [0.1, 0.15) is 18.1 Å². The quantitative estimate of drug-likeness (QED) is 0.122.